The van der Waals surface area contributed by atoms with Gasteiger partial charge in [-0.1, -0.05) is 52.4 Å². The third-order valence-corrected chi connectivity index (χ3v) is 8.46. The molecule has 4 amide bonds. The van der Waals surface area contributed by atoms with Crippen LogP contribution < -0.4 is 10.6 Å². The van der Waals surface area contributed by atoms with Gasteiger partial charge < -0.3 is 30.3 Å². The van der Waals surface area contributed by atoms with Crippen LogP contribution in [0.2, 0.25) is 0 Å². The quantitative estimate of drug-likeness (QED) is 0.394. The van der Waals surface area contributed by atoms with E-state index < -0.39 is 24.1 Å². The number of likely N-dealkylation sites (N-methyl/N-ethyl adjacent to an activating group) is 1. The number of carbonyl (C=O) groups is 4. The van der Waals surface area contributed by atoms with Crippen LogP contribution in [0, 0.1) is 17.8 Å². The first-order valence-corrected chi connectivity index (χ1v) is 14.6. The Hall–Kier alpha value is -2.36. The van der Waals surface area contributed by atoms with Gasteiger partial charge in [-0.2, -0.15) is 0 Å². The zero-order valence-corrected chi connectivity index (χ0v) is 23.5. The van der Waals surface area contributed by atoms with Crippen molar-refractivity contribution in [2.45, 2.75) is 103 Å². The molecule has 2 aliphatic carbocycles. The highest BCUT2D eigenvalue weighted by atomic mass is 16.5. The zero-order valence-electron chi connectivity index (χ0n) is 23.5. The van der Waals surface area contributed by atoms with Crippen LogP contribution in [0.25, 0.3) is 0 Å². The second-order valence-corrected chi connectivity index (χ2v) is 11.7. The molecule has 0 bridgehead atoms. The Balaban J connectivity index is 1.81. The van der Waals surface area contributed by atoms with Crippen molar-refractivity contribution in [1.29, 1.82) is 0 Å². The molecule has 3 N–H and O–H groups in total. The number of urea groups is 1. The smallest absolute Gasteiger partial charge is 0.326 e. The van der Waals surface area contributed by atoms with Crippen molar-refractivity contribution in [1.82, 2.24) is 20.4 Å². The van der Waals surface area contributed by atoms with E-state index in [2.05, 4.69) is 10.6 Å². The summed E-state index contributed by atoms with van der Waals surface area (Å²) in [6, 6.07) is -2.78. The number of hydrogen-bond donors (Lipinski definition) is 3. The maximum atomic E-state index is 13.9. The van der Waals surface area contributed by atoms with Crippen LogP contribution >= 0.6 is 0 Å². The number of morpholine rings is 1. The highest BCUT2D eigenvalue weighted by molar-refractivity contribution is 5.93. The van der Waals surface area contributed by atoms with E-state index >= 15 is 0 Å². The lowest BCUT2D eigenvalue weighted by molar-refractivity contribution is -0.151. The van der Waals surface area contributed by atoms with Gasteiger partial charge in [0.25, 0.3) is 0 Å². The van der Waals surface area contributed by atoms with Crippen molar-refractivity contribution in [3.63, 3.8) is 0 Å². The molecule has 0 radical (unpaired) electrons. The number of amides is 4. The third-order valence-electron chi connectivity index (χ3n) is 8.46. The first-order chi connectivity index (χ1) is 18.2. The minimum Gasteiger partial charge on any atom is -0.480 e. The predicted molar refractivity (Wildman–Crippen MR) is 143 cm³/mol. The van der Waals surface area contributed by atoms with Crippen LogP contribution in [0.1, 0.15) is 84.5 Å². The molecule has 10 heteroatoms. The molecule has 0 aromatic rings. The summed E-state index contributed by atoms with van der Waals surface area (Å²) in [6.07, 6.45) is 9.80. The Labute approximate surface area is 227 Å². The number of rotatable bonds is 10. The lowest BCUT2D eigenvalue weighted by atomic mass is 9.81. The summed E-state index contributed by atoms with van der Waals surface area (Å²) >= 11 is 0. The van der Waals surface area contributed by atoms with Crippen LogP contribution in [0.4, 0.5) is 4.79 Å². The highest BCUT2D eigenvalue weighted by Gasteiger charge is 2.40. The molecule has 10 nitrogen and oxygen atoms in total. The number of nitrogens with zero attached hydrogens (tertiary/aromatic N) is 2. The van der Waals surface area contributed by atoms with Crippen molar-refractivity contribution >= 4 is 23.8 Å². The number of carbonyl (C=O) groups excluding carboxylic acids is 3. The zero-order chi connectivity index (χ0) is 27.7. The van der Waals surface area contributed by atoms with Crippen molar-refractivity contribution < 1.29 is 29.0 Å². The monoisotopic (exact) mass is 536 g/mol. The highest BCUT2D eigenvalue weighted by Crippen LogP contribution is 2.30. The maximum absolute atomic E-state index is 13.9. The number of carboxylic acid groups (broad SMARTS) is 1. The summed E-state index contributed by atoms with van der Waals surface area (Å²) < 4.78 is 5.36. The molecule has 1 saturated heterocycles. The number of nitrogens with one attached hydrogen (secondary N) is 2. The second-order valence-electron chi connectivity index (χ2n) is 11.7. The molecule has 216 valence electrons. The molecule has 0 unspecified atom stereocenters. The van der Waals surface area contributed by atoms with Gasteiger partial charge in [-0.25, -0.2) is 9.59 Å². The maximum Gasteiger partial charge on any atom is 0.326 e. The first kappa shape index (κ1) is 30.2. The van der Waals surface area contributed by atoms with Gasteiger partial charge in [0.15, 0.2) is 0 Å². The average molecular weight is 537 g/mol. The molecule has 3 atom stereocenters. The van der Waals surface area contributed by atoms with Crippen LogP contribution in [-0.4, -0.2) is 90.2 Å². The Kier molecular flexibility index (Phi) is 11.7. The minimum absolute atomic E-state index is 0.00119. The predicted octanol–water partition coefficient (Wildman–Crippen LogP) is 3.00. The van der Waals surface area contributed by atoms with E-state index in [-0.39, 0.29) is 35.6 Å². The Morgan fingerprint density at radius 3 is 1.89 bits per heavy atom. The fourth-order valence-electron chi connectivity index (χ4n) is 6.19. The third kappa shape index (κ3) is 8.32. The lowest BCUT2D eigenvalue weighted by Crippen LogP contribution is -2.61. The van der Waals surface area contributed by atoms with Gasteiger partial charge in [-0.3, -0.25) is 9.59 Å². The van der Waals surface area contributed by atoms with Crippen LogP contribution in [-0.2, 0) is 19.1 Å². The van der Waals surface area contributed by atoms with Crippen molar-refractivity contribution in [3.05, 3.63) is 0 Å². The van der Waals surface area contributed by atoms with E-state index in [1.807, 2.05) is 13.8 Å². The standard InChI is InChI=1S/C28H48N4O6/c1-19(2)18-22(27(35)36)31(3)26(34)24(21-12-8-5-9-13-21)29-25(33)23(20-10-6-4-7-11-20)30-28(37)32-14-16-38-17-15-32/h19-24H,4-18H2,1-3H3,(H,29,33)(H,30,37)(H,35,36)/t22-,23-,24-/m1/s1. The van der Waals surface area contributed by atoms with E-state index in [9.17, 15) is 24.3 Å². The van der Waals surface area contributed by atoms with Gasteiger partial charge in [0.2, 0.25) is 11.8 Å². The van der Waals surface area contributed by atoms with Gasteiger partial charge in [-0.15, -0.1) is 0 Å². The molecule has 2 saturated carbocycles. The number of carboxylic acids is 1. The molecular formula is C28H48N4O6. The Morgan fingerprint density at radius 1 is 0.868 bits per heavy atom. The molecule has 3 rings (SSSR count). The Bertz CT molecular complexity index is 803. The summed E-state index contributed by atoms with van der Waals surface area (Å²) in [7, 11) is 1.53. The lowest BCUT2D eigenvalue weighted by Gasteiger charge is -2.37. The number of ether oxygens (including phenoxy) is 1. The van der Waals surface area contributed by atoms with Gasteiger partial charge in [0.1, 0.15) is 18.1 Å². The molecule has 1 heterocycles. The van der Waals surface area contributed by atoms with Crippen LogP contribution in [0.3, 0.4) is 0 Å². The molecule has 3 aliphatic rings. The fourth-order valence-corrected chi connectivity index (χ4v) is 6.19. The van der Waals surface area contributed by atoms with Crippen molar-refractivity contribution in [3.8, 4) is 0 Å². The molecule has 3 fully saturated rings. The fraction of sp³-hybridized carbons (Fsp3) is 0.857. The van der Waals surface area contributed by atoms with E-state index in [0.717, 1.165) is 64.2 Å². The van der Waals surface area contributed by atoms with Crippen molar-refractivity contribution in [2.24, 2.45) is 17.8 Å². The molecule has 0 spiro atoms. The minimum atomic E-state index is -1.04. The summed E-state index contributed by atoms with van der Waals surface area (Å²) in [6.45, 7) is 5.76. The summed E-state index contributed by atoms with van der Waals surface area (Å²) in [5, 5.41) is 15.9. The number of aliphatic carboxylic acids is 1. The molecule has 38 heavy (non-hydrogen) atoms. The normalized spacial score (nSPS) is 21.8. The molecule has 0 aromatic heterocycles. The van der Waals surface area contributed by atoms with Gasteiger partial charge in [-0.05, 0) is 49.9 Å². The van der Waals surface area contributed by atoms with Gasteiger partial charge in [0, 0.05) is 20.1 Å². The van der Waals surface area contributed by atoms with Crippen LogP contribution in [0.15, 0.2) is 0 Å². The first-order valence-electron chi connectivity index (χ1n) is 14.6. The average Bonchev–Trinajstić information content (AvgIpc) is 2.93. The van der Waals surface area contributed by atoms with Gasteiger partial charge >= 0.3 is 12.0 Å². The van der Waals surface area contributed by atoms with Gasteiger partial charge in [0.05, 0.1) is 13.2 Å². The molecule has 1 aliphatic heterocycles. The summed E-state index contributed by atoms with van der Waals surface area (Å²) in [4.78, 5) is 55.8. The molecule has 0 aromatic carbocycles. The topological polar surface area (TPSA) is 128 Å². The van der Waals surface area contributed by atoms with E-state index in [1.54, 1.807) is 4.90 Å². The van der Waals surface area contributed by atoms with Crippen LogP contribution in [0.5, 0.6) is 0 Å². The second kappa shape index (κ2) is 14.7. The summed E-state index contributed by atoms with van der Waals surface area (Å²) in [5.74, 6) is -1.70. The van der Waals surface area contributed by atoms with E-state index in [1.165, 1.54) is 11.9 Å². The Morgan fingerprint density at radius 2 is 1.39 bits per heavy atom. The largest absolute Gasteiger partial charge is 0.480 e. The SMILES string of the molecule is CC(C)C[C@H](C(=O)O)N(C)C(=O)[C@H](NC(=O)[C@H](NC(=O)N1CCOCC1)C1CCCCC1)C1CCCCC1. The number of hydrogen-bond acceptors (Lipinski definition) is 5. The summed E-state index contributed by atoms with van der Waals surface area (Å²) in [5.41, 5.74) is 0. The van der Waals surface area contributed by atoms with E-state index in [0.29, 0.717) is 32.7 Å². The van der Waals surface area contributed by atoms with E-state index in [4.69, 9.17) is 4.74 Å². The molecular weight excluding hydrogens is 488 g/mol. The van der Waals surface area contributed by atoms with Crippen molar-refractivity contribution in [2.75, 3.05) is 33.4 Å².